The maximum Gasteiger partial charge on any atom is 0.0548 e. The fraction of sp³-hybridized carbons (Fsp3) is 0.167. The van der Waals surface area contributed by atoms with Gasteiger partial charge in [-0.1, -0.05) is 17.7 Å². The summed E-state index contributed by atoms with van der Waals surface area (Å²) in [4.78, 5) is 1.27. The van der Waals surface area contributed by atoms with Gasteiger partial charge in [0.05, 0.1) is 11.1 Å². The van der Waals surface area contributed by atoms with Crippen molar-refractivity contribution in [1.82, 2.24) is 5.43 Å². The third kappa shape index (κ3) is 3.56. The Labute approximate surface area is 132 Å². The van der Waals surface area contributed by atoms with Crippen LogP contribution in [0.2, 0.25) is 5.02 Å². The Balaban J connectivity index is 2.19. The van der Waals surface area contributed by atoms with Crippen molar-refractivity contribution < 1.29 is 0 Å². The van der Waals surface area contributed by atoms with Crippen LogP contribution in [-0.2, 0) is 6.42 Å². The van der Waals surface area contributed by atoms with Crippen molar-refractivity contribution in [2.75, 3.05) is 0 Å². The molecule has 96 valence electrons. The molecular formula is C12H11Br2ClN2S. The minimum absolute atomic E-state index is 0.0733. The van der Waals surface area contributed by atoms with E-state index < -0.39 is 0 Å². The first kappa shape index (κ1) is 14.5. The lowest BCUT2D eigenvalue weighted by atomic mass is 10.0. The van der Waals surface area contributed by atoms with E-state index >= 15 is 0 Å². The van der Waals surface area contributed by atoms with Crippen LogP contribution < -0.4 is 11.3 Å². The molecule has 0 fully saturated rings. The quantitative estimate of drug-likeness (QED) is 0.568. The summed E-state index contributed by atoms with van der Waals surface area (Å²) in [5, 5.41) is 2.77. The van der Waals surface area contributed by atoms with E-state index in [2.05, 4.69) is 48.7 Å². The van der Waals surface area contributed by atoms with Crippen LogP contribution in [0.25, 0.3) is 0 Å². The fourth-order valence-corrected chi connectivity index (χ4v) is 3.68. The molecule has 0 bridgehead atoms. The zero-order valence-corrected chi connectivity index (χ0v) is 14.0. The van der Waals surface area contributed by atoms with Crippen LogP contribution in [0.15, 0.2) is 38.6 Å². The van der Waals surface area contributed by atoms with Crippen molar-refractivity contribution in [3.05, 3.63) is 54.1 Å². The smallest absolute Gasteiger partial charge is 0.0548 e. The summed E-state index contributed by atoms with van der Waals surface area (Å²) in [6.45, 7) is 0. The van der Waals surface area contributed by atoms with Gasteiger partial charge in [0.2, 0.25) is 0 Å². The molecule has 1 aromatic carbocycles. The van der Waals surface area contributed by atoms with Crippen LogP contribution in [-0.4, -0.2) is 0 Å². The Kier molecular flexibility index (Phi) is 5.24. The van der Waals surface area contributed by atoms with Crippen molar-refractivity contribution in [2.24, 2.45) is 5.84 Å². The van der Waals surface area contributed by atoms with Gasteiger partial charge in [-0.2, -0.15) is 0 Å². The van der Waals surface area contributed by atoms with E-state index in [0.29, 0.717) is 5.02 Å². The van der Waals surface area contributed by atoms with E-state index in [-0.39, 0.29) is 6.04 Å². The van der Waals surface area contributed by atoms with E-state index in [4.69, 9.17) is 17.4 Å². The molecule has 2 rings (SSSR count). The molecule has 3 N–H and O–H groups in total. The molecule has 1 atom stereocenters. The van der Waals surface area contributed by atoms with Crippen LogP contribution in [0.5, 0.6) is 0 Å². The van der Waals surface area contributed by atoms with Gasteiger partial charge in [-0.05, 0) is 55.6 Å². The monoisotopic (exact) mass is 408 g/mol. The number of thiophene rings is 1. The van der Waals surface area contributed by atoms with Gasteiger partial charge in [-0.15, -0.1) is 11.3 Å². The highest BCUT2D eigenvalue weighted by molar-refractivity contribution is 9.10. The number of benzene rings is 1. The van der Waals surface area contributed by atoms with Gasteiger partial charge in [-0.3, -0.25) is 11.3 Å². The van der Waals surface area contributed by atoms with E-state index in [9.17, 15) is 0 Å². The molecular weight excluding hydrogens is 399 g/mol. The molecule has 1 aromatic heterocycles. The Morgan fingerprint density at radius 3 is 2.67 bits per heavy atom. The van der Waals surface area contributed by atoms with E-state index in [0.717, 1.165) is 20.9 Å². The average Bonchev–Trinajstić information content (AvgIpc) is 2.75. The first-order chi connectivity index (χ1) is 8.60. The number of hydrazine groups is 1. The van der Waals surface area contributed by atoms with Crippen LogP contribution in [0.3, 0.4) is 0 Å². The SMILES string of the molecule is NNC(Cc1cc(Br)cs1)c1ccc(Cl)c(Br)c1. The summed E-state index contributed by atoms with van der Waals surface area (Å²) in [5.41, 5.74) is 3.96. The number of halogens is 3. The summed E-state index contributed by atoms with van der Waals surface area (Å²) in [6, 6.07) is 8.04. The van der Waals surface area contributed by atoms with Gasteiger partial charge < -0.3 is 0 Å². The Bertz CT molecular complexity index is 545. The van der Waals surface area contributed by atoms with Gasteiger partial charge >= 0.3 is 0 Å². The lowest BCUT2D eigenvalue weighted by Crippen LogP contribution is -2.29. The molecule has 0 radical (unpaired) electrons. The van der Waals surface area contributed by atoms with Gasteiger partial charge in [0.25, 0.3) is 0 Å². The van der Waals surface area contributed by atoms with Crippen molar-refractivity contribution in [1.29, 1.82) is 0 Å². The molecule has 1 unspecified atom stereocenters. The molecule has 6 heteroatoms. The minimum Gasteiger partial charge on any atom is -0.271 e. The summed E-state index contributed by atoms with van der Waals surface area (Å²) < 4.78 is 1.99. The number of rotatable bonds is 4. The van der Waals surface area contributed by atoms with Crippen LogP contribution in [0.1, 0.15) is 16.5 Å². The number of hydrogen-bond acceptors (Lipinski definition) is 3. The predicted molar refractivity (Wildman–Crippen MR) is 84.9 cm³/mol. The van der Waals surface area contributed by atoms with E-state index in [1.807, 2.05) is 18.2 Å². The number of hydrogen-bond donors (Lipinski definition) is 2. The zero-order valence-electron chi connectivity index (χ0n) is 9.29. The summed E-state index contributed by atoms with van der Waals surface area (Å²) in [6.07, 6.45) is 0.848. The van der Waals surface area contributed by atoms with Gasteiger partial charge in [0.15, 0.2) is 0 Å². The molecule has 0 aliphatic heterocycles. The highest BCUT2D eigenvalue weighted by Gasteiger charge is 2.13. The largest absolute Gasteiger partial charge is 0.271 e. The van der Waals surface area contributed by atoms with Crippen molar-refractivity contribution in [3.8, 4) is 0 Å². The first-order valence-electron chi connectivity index (χ1n) is 5.24. The standard InChI is InChI=1S/C12H11Br2ClN2S/c13-8-4-9(18-6-8)5-12(17-16)7-1-2-11(15)10(14)3-7/h1-4,6,12,17H,5,16H2. The zero-order chi connectivity index (χ0) is 13.1. The molecule has 0 amide bonds. The van der Waals surface area contributed by atoms with Crippen LogP contribution >= 0.6 is 54.8 Å². The van der Waals surface area contributed by atoms with E-state index in [1.54, 1.807) is 11.3 Å². The van der Waals surface area contributed by atoms with Crippen LogP contribution in [0.4, 0.5) is 0 Å². The lowest BCUT2D eigenvalue weighted by Gasteiger charge is -2.16. The first-order valence-corrected chi connectivity index (χ1v) is 8.08. The van der Waals surface area contributed by atoms with Crippen LogP contribution in [0, 0.1) is 0 Å². The summed E-state index contributed by atoms with van der Waals surface area (Å²) in [7, 11) is 0. The second-order valence-corrected chi connectivity index (χ2v) is 7.00. The average molecular weight is 411 g/mol. The van der Waals surface area contributed by atoms with Crippen molar-refractivity contribution >= 4 is 54.8 Å². The number of nitrogens with two attached hydrogens (primary N) is 1. The van der Waals surface area contributed by atoms with Gasteiger partial charge in [0, 0.05) is 25.6 Å². The minimum atomic E-state index is 0.0733. The third-order valence-electron chi connectivity index (χ3n) is 2.57. The predicted octanol–water partition coefficient (Wildman–Crippen LogP) is 4.67. The maximum atomic E-state index is 5.99. The van der Waals surface area contributed by atoms with Gasteiger partial charge in [-0.25, -0.2) is 0 Å². The molecule has 0 saturated carbocycles. The summed E-state index contributed by atoms with van der Waals surface area (Å²) in [5.74, 6) is 5.64. The van der Waals surface area contributed by atoms with Crippen molar-refractivity contribution in [2.45, 2.75) is 12.5 Å². The lowest BCUT2D eigenvalue weighted by molar-refractivity contribution is 0.555. The molecule has 18 heavy (non-hydrogen) atoms. The number of nitrogens with one attached hydrogen (secondary N) is 1. The second kappa shape index (κ2) is 6.50. The third-order valence-corrected chi connectivity index (χ3v) is 5.51. The van der Waals surface area contributed by atoms with E-state index in [1.165, 1.54) is 4.88 Å². The molecule has 2 aromatic rings. The topological polar surface area (TPSA) is 38.0 Å². The second-order valence-electron chi connectivity index (χ2n) is 3.83. The molecule has 0 aliphatic rings. The highest BCUT2D eigenvalue weighted by Crippen LogP contribution is 2.29. The fourth-order valence-electron chi connectivity index (χ4n) is 1.66. The van der Waals surface area contributed by atoms with Crippen molar-refractivity contribution in [3.63, 3.8) is 0 Å². The van der Waals surface area contributed by atoms with Gasteiger partial charge in [0.1, 0.15) is 0 Å². The molecule has 1 heterocycles. The Morgan fingerprint density at radius 1 is 1.33 bits per heavy atom. The summed E-state index contributed by atoms with van der Waals surface area (Å²) >= 11 is 14.6. The normalized spacial score (nSPS) is 12.7. The molecule has 0 saturated heterocycles. The Hall–Kier alpha value is 0.0900. The molecule has 0 spiro atoms. The molecule has 2 nitrogen and oxygen atoms in total. The highest BCUT2D eigenvalue weighted by atomic mass is 79.9. The molecule has 0 aliphatic carbocycles. The maximum absolute atomic E-state index is 5.99. The Morgan fingerprint density at radius 2 is 2.11 bits per heavy atom.